The molecule has 180 valence electrons. The van der Waals surface area contributed by atoms with E-state index < -0.39 is 0 Å². The Hall–Kier alpha value is -1.99. The maximum absolute atomic E-state index is 6.37. The highest BCUT2D eigenvalue weighted by molar-refractivity contribution is 7.99. The molecular formula is C27H32ClN3O2S. The number of oxazole rings is 1. The molecule has 7 heteroatoms. The van der Waals surface area contributed by atoms with Gasteiger partial charge in [0.25, 0.3) is 0 Å². The minimum absolute atomic E-state index is 0.309. The van der Waals surface area contributed by atoms with Gasteiger partial charge in [-0.25, -0.2) is 4.98 Å². The van der Waals surface area contributed by atoms with Crippen LogP contribution in [-0.2, 0) is 4.74 Å². The Bertz CT molecular complexity index is 1070. The van der Waals surface area contributed by atoms with Crippen molar-refractivity contribution >= 4 is 29.1 Å². The van der Waals surface area contributed by atoms with Gasteiger partial charge < -0.3 is 14.1 Å². The van der Waals surface area contributed by atoms with E-state index in [4.69, 9.17) is 25.7 Å². The van der Waals surface area contributed by atoms with Crippen molar-refractivity contribution in [3.05, 3.63) is 59.4 Å². The second-order valence-corrected chi connectivity index (χ2v) is 10.8. The van der Waals surface area contributed by atoms with Crippen molar-refractivity contribution in [3.8, 4) is 11.3 Å². The molecule has 0 aliphatic carbocycles. The first-order valence-corrected chi connectivity index (χ1v) is 13.4. The Labute approximate surface area is 211 Å². The monoisotopic (exact) mass is 497 g/mol. The summed E-state index contributed by atoms with van der Waals surface area (Å²) in [6.45, 7) is 10.4. The molecule has 3 aromatic rings. The largest absolute Gasteiger partial charge is 0.433 e. The van der Waals surface area contributed by atoms with Crippen LogP contribution in [0.1, 0.15) is 38.5 Å². The zero-order chi connectivity index (χ0) is 23.5. The molecule has 0 atom stereocenters. The van der Waals surface area contributed by atoms with Gasteiger partial charge in [0.15, 0.2) is 11.0 Å². The van der Waals surface area contributed by atoms with Gasteiger partial charge >= 0.3 is 0 Å². The van der Waals surface area contributed by atoms with Crippen LogP contribution in [0.5, 0.6) is 0 Å². The number of hydrogen-bond acceptors (Lipinski definition) is 6. The molecule has 2 saturated heterocycles. The molecule has 0 bridgehead atoms. The normalized spacial score (nSPS) is 18.1. The summed E-state index contributed by atoms with van der Waals surface area (Å²) in [5.41, 5.74) is 3.27. The molecule has 0 saturated carbocycles. The van der Waals surface area contributed by atoms with E-state index in [9.17, 15) is 0 Å². The molecule has 34 heavy (non-hydrogen) atoms. The van der Waals surface area contributed by atoms with Gasteiger partial charge in [-0.2, -0.15) is 0 Å². The number of nitrogens with zero attached hydrogens (tertiary/aromatic N) is 3. The van der Waals surface area contributed by atoms with Gasteiger partial charge in [0.2, 0.25) is 0 Å². The SMILES string of the molecule is CC(C)N1CCN(c2ccc(-c3nc(C4CCOCC4)oc3Sc3ccc(Cl)cc3)cc2)CC1. The zero-order valence-corrected chi connectivity index (χ0v) is 21.4. The molecule has 1 aromatic heterocycles. The van der Waals surface area contributed by atoms with Crippen molar-refractivity contribution in [2.24, 2.45) is 0 Å². The summed E-state index contributed by atoms with van der Waals surface area (Å²) in [5, 5.41) is 1.57. The quantitative estimate of drug-likeness (QED) is 0.383. The maximum Gasteiger partial charge on any atom is 0.199 e. The molecule has 0 spiro atoms. The van der Waals surface area contributed by atoms with E-state index in [2.05, 4.69) is 47.9 Å². The van der Waals surface area contributed by atoms with Crippen molar-refractivity contribution in [2.75, 3.05) is 44.3 Å². The molecule has 0 N–H and O–H groups in total. The number of aromatic nitrogens is 1. The van der Waals surface area contributed by atoms with E-state index in [1.54, 1.807) is 11.8 Å². The zero-order valence-electron chi connectivity index (χ0n) is 19.9. The van der Waals surface area contributed by atoms with E-state index in [0.29, 0.717) is 12.0 Å². The van der Waals surface area contributed by atoms with Gasteiger partial charge in [0, 0.05) is 72.5 Å². The van der Waals surface area contributed by atoms with Gasteiger partial charge in [-0.05, 0) is 74.8 Å². The minimum Gasteiger partial charge on any atom is -0.433 e. The van der Waals surface area contributed by atoms with Gasteiger partial charge in [-0.1, -0.05) is 23.7 Å². The van der Waals surface area contributed by atoms with Crippen LogP contribution in [0, 0.1) is 0 Å². The smallest absolute Gasteiger partial charge is 0.199 e. The fourth-order valence-electron chi connectivity index (χ4n) is 4.63. The van der Waals surface area contributed by atoms with E-state index in [-0.39, 0.29) is 0 Å². The second-order valence-electron chi connectivity index (χ2n) is 9.29. The Morgan fingerprint density at radius 3 is 2.26 bits per heavy atom. The Morgan fingerprint density at radius 1 is 0.941 bits per heavy atom. The third kappa shape index (κ3) is 5.46. The van der Waals surface area contributed by atoms with E-state index in [0.717, 1.165) is 84.4 Å². The number of piperazine rings is 1. The predicted octanol–water partition coefficient (Wildman–Crippen LogP) is 6.57. The first kappa shape index (κ1) is 23.7. The number of ether oxygens (including phenoxy) is 1. The number of rotatable bonds is 6. The van der Waals surface area contributed by atoms with Crippen LogP contribution in [0.3, 0.4) is 0 Å². The van der Waals surface area contributed by atoms with Gasteiger partial charge in [0.05, 0.1) is 0 Å². The molecule has 2 aromatic carbocycles. The highest BCUT2D eigenvalue weighted by Gasteiger charge is 2.25. The summed E-state index contributed by atoms with van der Waals surface area (Å²) >= 11 is 7.69. The van der Waals surface area contributed by atoms with Crippen LogP contribution < -0.4 is 4.90 Å². The Balaban J connectivity index is 1.38. The van der Waals surface area contributed by atoms with Gasteiger partial charge in [0.1, 0.15) is 5.69 Å². The van der Waals surface area contributed by atoms with Crippen LogP contribution in [0.15, 0.2) is 62.9 Å². The lowest BCUT2D eigenvalue weighted by molar-refractivity contribution is 0.0786. The first-order chi connectivity index (χ1) is 16.6. The highest BCUT2D eigenvalue weighted by atomic mass is 35.5. The number of halogens is 1. The Kier molecular flexibility index (Phi) is 7.49. The summed E-state index contributed by atoms with van der Waals surface area (Å²) in [7, 11) is 0. The van der Waals surface area contributed by atoms with Gasteiger partial charge in [-0.15, -0.1) is 0 Å². The lowest BCUT2D eigenvalue weighted by Crippen LogP contribution is -2.48. The lowest BCUT2D eigenvalue weighted by Gasteiger charge is -2.38. The summed E-state index contributed by atoms with van der Waals surface area (Å²) in [4.78, 5) is 11.1. The fraction of sp³-hybridized carbons (Fsp3) is 0.444. The average molecular weight is 498 g/mol. The van der Waals surface area contributed by atoms with Crippen molar-refractivity contribution in [2.45, 2.75) is 48.6 Å². The first-order valence-electron chi connectivity index (χ1n) is 12.2. The summed E-state index contributed by atoms with van der Waals surface area (Å²) in [6.07, 6.45) is 1.90. The van der Waals surface area contributed by atoms with Crippen molar-refractivity contribution in [1.82, 2.24) is 9.88 Å². The minimum atomic E-state index is 0.309. The molecule has 0 radical (unpaired) electrons. The van der Waals surface area contributed by atoms with Crippen molar-refractivity contribution < 1.29 is 9.15 Å². The summed E-state index contributed by atoms with van der Waals surface area (Å²) in [6, 6.07) is 17.3. The number of hydrogen-bond donors (Lipinski definition) is 0. The molecule has 5 rings (SSSR count). The van der Waals surface area contributed by atoms with E-state index in [1.165, 1.54) is 5.69 Å². The highest BCUT2D eigenvalue weighted by Crippen LogP contribution is 2.40. The molecule has 2 aliphatic heterocycles. The maximum atomic E-state index is 6.37. The number of benzene rings is 2. The number of anilines is 1. The fourth-order valence-corrected chi connectivity index (χ4v) is 5.63. The summed E-state index contributed by atoms with van der Waals surface area (Å²) in [5.74, 6) is 1.13. The third-order valence-corrected chi connectivity index (χ3v) is 7.98. The second kappa shape index (κ2) is 10.7. The topological polar surface area (TPSA) is 41.7 Å². The van der Waals surface area contributed by atoms with Gasteiger partial charge in [-0.3, -0.25) is 4.90 Å². The van der Waals surface area contributed by atoms with Crippen LogP contribution in [0.2, 0.25) is 5.02 Å². The van der Waals surface area contributed by atoms with Crippen molar-refractivity contribution in [1.29, 1.82) is 0 Å². The molecule has 0 unspecified atom stereocenters. The Morgan fingerprint density at radius 2 is 1.62 bits per heavy atom. The van der Waals surface area contributed by atoms with E-state index in [1.807, 2.05) is 24.3 Å². The molecule has 2 aliphatic rings. The van der Waals surface area contributed by atoms with Crippen LogP contribution in [0.25, 0.3) is 11.3 Å². The molecular weight excluding hydrogens is 466 g/mol. The predicted molar refractivity (Wildman–Crippen MR) is 139 cm³/mol. The summed E-state index contributed by atoms with van der Waals surface area (Å²) < 4.78 is 11.9. The van der Waals surface area contributed by atoms with E-state index >= 15 is 0 Å². The molecule has 5 nitrogen and oxygen atoms in total. The van der Waals surface area contributed by atoms with Crippen LogP contribution in [-0.4, -0.2) is 55.3 Å². The molecule has 2 fully saturated rings. The molecule has 0 amide bonds. The van der Waals surface area contributed by atoms with Crippen molar-refractivity contribution in [3.63, 3.8) is 0 Å². The molecule has 3 heterocycles. The third-order valence-electron chi connectivity index (χ3n) is 6.76. The lowest BCUT2D eigenvalue weighted by atomic mass is 10.0. The van der Waals surface area contributed by atoms with Crippen LogP contribution in [0.4, 0.5) is 5.69 Å². The average Bonchev–Trinajstić information content (AvgIpc) is 3.30. The van der Waals surface area contributed by atoms with Crippen LogP contribution >= 0.6 is 23.4 Å². The standard InChI is InChI=1S/C27H32ClN3O2S/c1-19(2)30-13-15-31(16-14-30)23-7-3-20(4-8-23)25-27(34-24-9-5-22(28)6-10-24)33-26(29-25)21-11-17-32-18-12-21/h3-10,19,21H,11-18H2,1-2H3.